The molecule has 1 aliphatic heterocycles. The quantitative estimate of drug-likeness (QED) is 0.549. The van der Waals surface area contributed by atoms with Crippen molar-refractivity contribution in [3.05, 3.63) is 48.0 Å². The molecule has 3 nitrogen and oxygen atoms in total. The Balaban J connectivity index is 1.85. The molecule has 1 aromatic rings. The number of carbonyl (C=O) groups is 1. The van der Waals surface area contributed by atoms with E-state index >= 15 is 0 Å². The van der Waals surface area contributed by atoms with Crippen LogP contribution < -0.4 is 0 Å². The minimum absolute atomic E-state index is 0.745. The lowest BCUT2D eigenvalue weighted by atomic mass is 10.1. The monoisotopic (exact) mass is 216 g/mol. The predicted octanol–water partition coefficient (Wildman–Crippen LogP) is 1.47. The van der Waals surface area contributed by atoms with Crippen LogP contribution in [0.3, 0.4) is 0 Å². The average molecular weight is 216 g/mol. The van der Waals surface area contributed by atoms with Gasteiger partial charge in [0.05, 0.1) is 0 Å². The first kappa shape index (κ1) is 10.9. The Labute approximate surface area is 95.9 Å². The molecule has 0 N–H and O–H groups in total. The maximum absolute atomic E-state index is 11.0. The van der Waals surface area contributed by atoms with E-state index in [1.54, 1.807) is 5.01 Å². The molecule has 0 saturated heterocycles. The molecular weight excluding hydrogens is 200 g/mol. The summed E-state index contributed by atoms with van der Waals surface area (Å²) in [5, 5.41) is 3.79. The van der Waals surface area contributed by atoms with Crippen LogP contribution in [0.15, 0.2) is 42.5 Å². The van der Waals surface area contributed by atoms with Crippen molar-refractivity contribution in [3.8, 4) is 0 Å². The van der Waals surface area contributed by atoms with Gasteiger partial charge in [0.25, 0.3) is 0 Å². The van der Waals surface area contributed by atoms with E-state index in [-0.39, 0.29) is 0 Å². The number of hydrazine groups is 1. The molecule has 0 radical (unpaired) electrons. The second kappa shape index (κ2) is 5.47. The van der Waals surface area contributed by atoms with Gasteiger partial charge in [-0.2, -0.15) is 0 Å². The van der Waals surface area contributed by atoms with Crippen molar-refractivity contribution < 1.29 is 4.79 Å². The zero-order valence-electron chi connectivity index (χ0n) is 9.25. The maximum atomic E-state index is 11.0. The number of amides is 1. The van der Waals surface area contributed by atoms with Gasteiger partial charge >= 0.3 is 0 Å². The highest BCUT2D eigenvalue weighted by Crippen LogP contribution is 2.05. The Morgan fingerprint density at radius 3 is 2.50 bits per heavy atom. The van der Waals surface area contributed by atoms with E-state index in [1.807, 2.05) is 23.2 Å². The highest BCUT2D eigenvalue weighted by Gasteiger charge is 2.13. The molecular formula is C13H16N2O. The van der Waals surface area contributed by atoms with Gasteiger partial charge in [0.15, 0.2) is 0 Å². The smallest absolute Gasteiger partial charge is 0.224 e. The van der Waals surface area contributed by atoms with E-state index in [4.69, 9.17) is 0 Å². The molecule has 2 rings (SSSR count). The van der Waals surface area contributed by atoms with Crippen LogP contribution in [0.25, 0.3) is 0 Å². The van der Waals surface area contributed by atoms with Gasteiger partial charge in [-0.1, -0.05) is 42.5 Å². The first-order valence-electron chi connectivity index (χ1n) is 5.56. The molecule has 0 saturated carbocycles. The fourth-order valence-electron chi connectivity index (χ4n) is 1.83. The van der Waals surface area contributed by atoms with Crippen molar-refractivity contribution in [2.24, 2.45) is 0 Å². The molecule has 84 valence electrons. The number of rotatable bonds is 5. The van der Waals surface area contributed by atoms with Crippen LogP contribution in [0.5, 0.6) is 0 Å². The van der Waals surface area contributed by atoms with E-state index in [9.17, 15) is 4.79 Å². The van der Waals surface area contributed by atoms with Crippen LogP contribution in [0.2, 0.25) is 0 Å². The van der Waals surface area contributed by atoms with Crippen molar-refractivity contribution in [3.63, 3.8) is 0 Å². The molecule has 0 fully saturated rings. The van der Waals surface area contributed by atoms with E-state index in [1.165, 1.54) is 5.56 Å². The fourth-order valence-corrected chi connectivity index (χ4v) is 1.83. The molecule has 0 spiro atoms. The zero-order chi connectivity index (χ0) is 11.2. The van der Waals surface area contributed by atoms with Crippen LogP contribution in [0, 0.1) is 0 Å². The molecule has 1 aliphatic rings. The first-order valence-corrected chi connectivity index (χ1v) is 5.56. The average Bonchev–Trinajstić information content (AvgIpc) is 2.85. The highest BCUT2D eigenvalue weighted by atomic mass is 16.1. The second-order valence-electron chi connectivity index (χ2n) is 3.85. The van der Waals surface area contributed by atoms with E-state index in [0.717, 1.165) is 32.5 Å². The molecule has 0 aliphatic carbocycles. The van der Waals surface area contributed by atoms with Gasteiger partial charge in [-0.3, -0.25) is 9.80 Å². The number of benzene rings is 1. The third kappa shape index (κ3) is 2.70. The SMILES string of the molecule is O=CN(CCc1ccccc1)N1CC=CC1. The molecule has 0 bridgehead atoms. The summed E-state index contributed by atoms with van der Waals surface area (Å²) in [4.78, 5) is 11.0. The predicted molar refractivity (Wildman–Crippen MR) is 63.6 cm³/mol. The van der Waals surface area contributed by atoms with Crippen LogP contribution in [0.4, 0.5) is 0 Å². The molecule has 1 aromatic carbocycles. The van der Waals surface area contributed by atoms with Gasteiger partial charge in [0.1, 0.15) is 0 Å². The zero-order valence-corrected chi connectivity index (χ0v) is 9.25. The third-order valence-corrected chi connectivity index (χ3v) is 2.76. The third-order valence-electron chi connectivity index (χ3n) is 2.76. The lowest BCUT2D eigenvalue weighted by molar-refractivity contribution is -0.132. The van der Waals surface area contributed by atoms with E-state index in [2.05, 4.69) is 24.3 Å². The van der Waals surface area contributed by atoms with E-state index < -0.39 is 0 Å². The Morgan fingerprint density at radius 1 is 1.19 bits per heavy atom. The van der Waals surface area contributed by atoms with Gasteiger partial charge in [-0.15, -0.1) is 0 Å². The van der Waals surface area contributed by atoms with Gasteiger partial charge in [-0.05, 0) is 12.0 Å². The van der Waals surface area contributed by atoms with Crippen molar-refractivity contribution in [2.45, 2.75) is 6.42 Å². The standard InChI is InChI=1S/C13H16N2O/c16-12-15(14-9-4-5-10-14)11-8-13-6-2-1-3-7-13/h1-7,12H,8-11H2. The van der Waals surface area contributed by atoms with Crippen molar-refractivity contribution in [1.29, 1.82) is 0 Å². The normalized spacial score (nSPS) is 15.2. The molecule has 0 unspecified atom stereocenters. The Bertz CT molecular complexity index is 353. The lowest BCUT2D eigenvalue weighted by Gasteiger charge is -2.27. The summed E-state index contributed by atoms with van der Waals surface area (Å²) in [6.45, 7) is 2.43. The van der Waals surface area contributed by atoms with Crippen LogP contribution in [-0.2, 0) is 11.2 Å². The van der Waals surface area contributed by atoms with Gasteiger partial charge in [0, 0.05) is 19.6 Å². The number of hydrogen-bond donors (Lipinski definition) is 0. The van der Waals surface area contributed by atoms with Crippen LogP contribution >= 0.6 is 0 Å². The summed E-state index contributed by atoms with van der Waals surface area (Å²) in [5.74, 6) is 0. The summed E-state index contributed by atoms with van der Waals surface area (Å²) >= 11 is 0. The van der Waals surface area contributed by atoms with Crippen molar-refractivity contribution in [2.75, 3.05) is 19.6 Å². The van der Waals surface area contributed by atoms with Crippen molar-refractivity contribution in [1.82, 2.24) is 10.0 Å². The summed E-state index contributed by atoms with van der Waals surface area (Å²) < 4.78 is 0. The minimum atomic E-state index is 0.745. The van der Waals surface area contributed by atoms with Gasteiger partial charge < -0.3 is 0 Å². The lowest BCUT2D eigenvalue weighted by Crippen LogP contribution is -2.41. The number of hydrogen-bond acceptors (Lipinski definition) is 2. The molecule has 3 heteroatoms. The topological polar surface area (TPSA) is 23.6 Å². The van der Waals surface area contributed by atoms with Gasteiger partial charge in [-0.25, -0.2) is 5.01 Å². The second-order valence-corrected chi connectivity index (χ2v) is 3.85. The molecule has 0 atom stereocenters. The van der Waals surface area contributed by atoms with Crippen molar-refractivity contribution >= 4 is 6.41 Å². The Hall–Kier alpha value is -1.61. The summed E-state index contributed by atoms with van der Waals surface area (Å²) in [6.07, 6.45) is 5.98. The van der Waals surface area contributed by atoms with Crippen LogP contribution in [-0.4, -0.2) is 36.1 Å². The highest BCUT2D eigenvalue weighted by molar-refractivity contribution is 5.46. The Morgan fingerprint density at radius 2 is 1.88 bits per heavy atom. The van der Waals surface area contributed by atoms with Gasteiger partial charge in [0.2, 0.25) is 6.41 Å². The summed E-state index contributed by atoms with van der Waals surface area (Å²) in [6, 6.07) is 10.2. The largest absolute Gasteiger partial charge is 0.277 e. The summed E-state index contributed by atoms with van der Waals surface area (Å²) in [5.41, 5.74) is 1.27. The molecule has 0 aromatic heterocycles. The fraction of sp³-hybridized carbons (Fsp3) is 0.308. The first-order chi connectivity index (χ1) is 7.90. The van der Waals surface area contributed by atoms with Crippen LogP contribution in [0.1, 0.15) is 5.56 Å². The molecule has 16 heavy (non-hydrogen) atoms. The number of carbonyl (C=O) groups excluding carboxylic acids is 1. The minimum Gasteiger partial charge on any atom is -0.277 e. The maximum Gasteiger partial charge on any atom is 0.224 e. The molecule has 1 amide bonds. The Kier molecular flexibility index (Phi) is 3.72. The molecule has 1 heterocycles. The number of nitrogens with zero attached hydrogens (tertiary/aromatic N) is 2. The summed E-state index contributed by atoms with van der Waals surface area (Å²) in [7, 11) is 0. The van der Waals surface area contributed by atoms with E-state index in [0.29, 0.717) is 0 Å².